The Morgan fingerprint density at radius 2 is 1.97 bits per heavy atom. The van der Waals surface area contributed by atoms with Gasteiger partial charge in [-0.05, 0) is 69.0 Å². The number of sulfone groups is 1. The second-order valence-electron chi connectivity index (χ2n) is 10.8. The summed E-state index contributed by atoms with van der Waals surface area (Å²) in [5, 5.41) is 3.38. The minimum atomic E-state index is -3.32. The molecule has 2 aliphatic rings. The SMILES string of the molecule is CCOc1cc(C(CS(C)(=O)=O)N2CNc3cc(C4=CCN(C(=O)OC(C)(C)C)CC4)cnc32)ccc1OC. The lowest BCUT2D eigenvalue weighted by atomic mass is 10.0. The summed E-state index contributed by atoms with van der Waals surface area (Å²) in [5.41, 5.74) is 3.17. The standard InChI is InChI=1S/C28H38N4O6S/c1-7-37-25-15-20(8-9-24(25)36-5)23(17-39(6,34)35)32-18-30-22-14-21(16-29-26(22)32)19-10-12-31(13-11-19)27(33)38-28(2,3)4/h8-10,14-16,23,30H,7,11-13,17-18H2,1-6H3. The summed E-state index contributed by atoms with van der Waals surface area (Å²) in [4.78, 5) is 20.8. The lowest BCUT2D eigenvalue weighted by molar-refractivity contribution is 0.0270. The van der Waals surface area contributed by atoms with Crippen LogP contribution in [0.4, 0.5) is 16.3 Å². The summed E-state index contributed by atoms with van der Waals surface area (Å²) < 4.78 is 41.6. The fourth-order valence-electron chi connectivity index (χ4n) is 4.74. The number of nitrogens with zero attached hydrogens (tertiary/aromatic N) is 3. The van der Waals surface area contributed by atoms with Crippen molar-refractivity contribution in [3.05, 3.63) is 47.7 Å². The first-order chi connectivity index (χ1) is 18.4. The van der Waals surface area contributed by atoms with Gasteiger partial charge < -0.3 is 29.3 Å². The van der Waals surface area contributed by atoms with Gasteiger partial charge in [-0.1, -0.05) is 12.1 Å². The number of methoxy groups -OCH3 is 1. The van der Waals surface area contributed by atoms with E-state index in [0.29, 0.717) is 50.1 Å². The molecular formula is C28H38N4O6S. The molecule has 0 fully saturated rings. The Bertz CT molecular complexity index is 1350. The molecule has 1 amide bonds. The van der Waals surface area contributed by atoms with Crippen LogP contribution >= 0.6 is 0 Å². The maximum Gasteiger partial charge on any atom is 0.410 e. The summed E-state index contributed by atoms with van der Waals surface area (Å²) in [5.74, 6) is 1.76. The summed E-state index contributed by atoms with van der Waals surface area (Å²) in [7, 11) is -1.75. The maximum atomic E-state index is 12.5. The third-order valence-corrected chi connectivity index (χ3v) is 7.44. The molecule has 0 radical (unpaired) electrons. The number of hydrogen-bond acceptors (Lipinski definition) is 9. The monoisotopic (exact) mass is 558 g/mol. The van der Waals surface area contributed by atoms with E-state index >= 15 is 0 Å². The molecule has 39 heavy (non-hydrogen) atoms. The molecule has 4 rings (SSSR count). The fraction of sp³-hybridized carbons (Fsp3) is 0.500. The van der Waals surface area contributed by atoms with Crippen molar-refractivity contribution in [2.24, 2.45) is 0 Å². The van der Waals surface area contributed by atoms with E-state index < -0.39 is 21.5 Å². The zero-order valence-corrected chi connectivity index (χ0v) is 24.3. The zero-order chi connectivity index (χ0) is 28.4. The van der Waals surface area contributed by atoms with Crippen molar-refractivity contribution in [1.82, 2.24) is 9.88 Å². The summed E-state index contributed by atoms with van der Waals surface area (Å²) >= 11 is 0. The van der Waals surface area contributed by atoms with Gasteiger partial charge in [0, 0.05) is 25.5 Å². The van der Waals surface area contributed by atoms with E-state index in [2.05, 4.69) is 5.32 Å². The van der Waals surface area contributed by atoms with Crippen LogP contribution in [0.25, 0.3) is 5.57 Å². The Morgan fingerprint density at radius 3 is 2.59 bits per heavy atom. The van der Waals surface area contributed by atoms with Crippen LogP contribution in [0.15, 0.2) is 36.5 Å². The Morgan fingerprint density at radius 1 is 1.21 bits per heavy atom. The number of fused-ring (bicyclic) bond motifs is 1. The van der Waals surface area contributed by atoms with Crippen LogP contribution in [0.1, 0.15) is 51.3 Å². The maximum absolute atomic E-state index is 12.5. The molecule has 2 aliphatic heterocycles. The van der Waals surface area contributed by atoms with Gasteiger partial charge >= 0.3 is 6.09 Å². The molecule has 0 saturated heterocycles. The first kappa shape index (κ1) is 28.5. The highest BCUT2D eigenvalue weighted by Gasteiger charge is 2.32. The van der Waals surface area contributed by atoms with Gasteiger partial charge in [0.1, 0.15) is 15.4 Å². The molecule has 1 aromatic heterocycles. The van der Waals surface area contributed by atoms with Gasteiger partial charge in [-0.2, -0.15) is 0 Å². The normalized spacial score (nSPS) is 16.2. The number of nitrogens with one attached hydrogen (secondary N) is 1. The molecule has 0 spiro atoms. The Kier molecular flexibility index (Phi) is 8.29. The van der Waals surface area contributed by atoms with E-state index in [9.17, 15) is 13.2 Å². The number of benzene rings is 1. The predicted molar refractivity (Wildman–Crippen MR) is 152 cm³/mol. The van der Waals surface area contributed by atoms with Gasteiger partial charge in [-0.25, -0.2) is 18.2 Å². The first-order valence-electron chi connectivity index (χ1n) is 13.0. The second-order valence-corrected chi connectivity index (χ2v) is 12.9. The molecule has 0 saturated carbocycles. The van der Waals surface area contributed by atoms with Gasteiger partial charge in [0.15, 0.2) is 17.3 Å². The van der Waals surface area contributed by atoms with Crippen molar-refractivity contribution in [2.45, 2.75) is 45.8 Å². The molecule has 11 heteroatoms. The largest absolute Gasteiger partial charge is 0.493 e. The van der Waals surface area contributed by atoms with Crippen LogP contribution in [0.5, 0.6) is 11.5 Å². The van der Waals surface area contributed by atoms with E-state index in [0.717, 1.165) is 22.4 Å². The minimum Gasteiger partial charge on any atom is -0.493 e. The van der Waals surface area contributed by atoms with Gasteiger partial charge in [-0.3, -0.25) is 0 Å². The molecule has 1 N–H and O–H groups in total. The minimum absolute atomic E-state index is 0.0822. The smallest absolute Gasteiger partial charge is 0.410 e. The lowest BCUT2D eigenvalue weighted by Crippen LogP contribution is -2.39. The quantitative estimate of drug-likeness (QED) is 0.501. The van der Waals surface area contributed by atoms with Crippen LogP contribution in [0.3, 0.4) is 0 Å². The molecule has 3 heterocycles. The van der Waals surface area contributed by atoms with Crippen LogP contribution in [0.2, 0.25) is 0 Å². The topological polar surface area (TPSA) is 110 Å². The van der Waals surface area contributed by atoms with Crippen molar-refractivity contribution in [3.8, 4) is 11.5 Å². The number of hydrogen-bond donors (Lipinski definition) is 1. The number of pyridine rings is 1. The van der Waals surface area contributed by atoms with Crippen molar-refractivity contribution in [3.63, 3.8) is 0 Å². The van der Waals surface area contributed by atoms with E-state index in [1.165, 1.54) is 6.26 Å². The molecule has 212 valence electrons. The van der Waals surface area contributed by atoms with Crippen LogP contribution < -0.4 is 19.7 Å². The zero-order valence-electron chi connectivity index (χ0n) is 23.5. The van der Waals surface area contributed by atoms with Gasteiger partial charge in [-0.15, -0.1) is 0 Å². The average molecular weight is 559 g/mol. The summed E-state index contributed by atoms with van der Waals surface area (Å²) in [6, 6.07) is 7.07. The van der Waals surface area contributed by atoms with E-state index in [1.807, 2.05) is 63.1 Å². The first-order valence-corrected chi connectivity index (χ1v) is 15.1. The van der Waals surface area contributed by atoms with E-state index in [1.54, 1.807) is 18.1 Å². The number of carbonyl (C=O) groups is 1. The molecule has 2 aromatic rings. The van der Waals surface area contributed by atoms with Crippen molar-refractivity contribution < 1.29 is 27.4 Å². The molecular weight excluding hydrogens is 520 g/mol. The average Bonchev–Trinajstić information content (AvgIpc) is 3.29. The lowest BCUT2D eigenvalue weighted by Gasteiger charge is -2.30. The van der Waals surface area contributed by atoms with Gasteiger partial charge in [0.25, 0.3) is 0 Å². The number of amides is 1. The van der Waals surface area contributed by atoms with Crippen LogP contribution in [0, 0.1) is 0 Å². The molecule has 1 aromatic carbocycles. The third kappa shape index (κ3) is 6.95. The summed E-state index contributed by atoms with van der Waals surface area (Å²) in [6.45, 7) is 9.36. The number of rotatable bonds is 8. The molecule has 1 atom stereocenters. The van der Waals surface area contributed by atoms with Crippen molar-refractivity contribution in [2.75, 3.05) is 55.7 Å². The van der Waals surface area contributed by atoms with Gasteiger partial charge in [0.2, 0.25) is 0 Å². The van der Waals surface area contributed by atoms with Crippen molar-refractivity contribution >= 4 is 33.0 Å². The predicted octanol–water partition coefficient (Wildman–Crippen LogP) is 4.49. The number of anilines is 2. The van der Waals surface area contributed by atoms with Crippen LogP contribution in [-0.2, 0) is 14.6 Å². The third-order valence-electron chi connectivity index (χ3n) is 6.52. The van der Waals surface area contributed by atoms with Crippen LogP contribution in [-0.4, -0.2) is 75.5 Å². The number of aromatic nitrogens is 1. The Labute approximate surface area is 230 Å². The Hall–Kier alpha value is -3.47. The highest BCUT2D eigenvalue weighted by atomic mass is 32.2. The highest BCUT2D eigenvalue weighted by molar-refractivity contribution is 7.90. The molecule has 1 unspecified atom stereocenters. The van der Waals surface area contributed by atoms with Gasteiger partial charge in [0.05, 0.1) is 37.9 Å². The fourth-order valence-corrected chi connectivity index (χ4v) is 5.69. The molecule has 0 aliphatic carbocycles. The molecule has 0 bridgehead atoms. The Balaban J connectivity index is 1.58. The second kappa shape index (κ2) is 11.3. The highest BCUT2D eigenvalue weighted by Crippen LogP contribution is 2.40. The summed E-state index contributed by atoms with van der Waals surface area (Å²) in [6.07, 6.45) is 5.45. The number of carbonyl (C=O) groups excluding carboxylic acids is 1. The van der Waals surface area contributed by atoms with Crippen molar-refractivity contribution in [1.29, 1.82) is 0 Å². The van der Waals surface area contributed by atoms with E-state index in [4.69, 9.17) is 19.2 Å². The molecule has 10 nitrogen and oxygen atoms in total. The van der Waals surface area contributed by atoms with E-state index in [-0.39, 0.29) is 11.8 Å². The number of ether oxygens (including phenoxy) is 3.